The molecule has 8 rings (SSSR count). The molecular weight excluding hydrogens is 574 g/mol. The van der Waals surface area contributed by atoms with E-state index >= 15 is 0 Å². The molecule has 0 unspecified atom stereocenters. The van der Waals surface area contributed by atoms with Gasteiger partial charge in [-0.3, -0.25) is 9.97 Å². The molecule has 0 aliphatic rings. The number of hydrogen-bond acceptors (Lipinski definition) is 4. The second-order valence-corrected chi connectivity index (χ2v) is 11.4. The van der Waals surface area contributed by atoms with Crippen molar-refractivity contribution in [2.45, 2.75) is 0 Å². The third-order valence-corrected chi connectivity index (χ3v) is 8.59. The van der Waals surface area contributed by atoms with Crippen molar-refractivity contribution in [2.24, 2.45) is 0 Å². The van der Waals surface area contributed by atoms with Gasteiger partial charge in [-0.25, -0.2) is 0 Å². The number of nitriles is 2. The average Bonchev–Trinajstić information content (AvgIpc) is 3.48. The first-order chi connectivity index (χ1) is 23.2. The fourth-order valence-corrected chi connectivity index (χ4v) is 6.22. The lowest BCUT2D eigenvalue weighted by molar-refractivity contribution is 1.18. The van der Waals surface area contributed by atoms with E-state index in [2.05, 4.69) is 136 Å². The Bertz CT molecular complexity index is 2360. The molecule has 3 aromatic heterocycles. The maximum atomic E-state index is 9.30. The van der Waals surface area contributed by atoms with E-state index in [1.165, 1.54) is 10.8 Å². The van der Waals surface area contributed by atoms with Crippen LogP contribution in [0.3, 0.4) is 0 Å². The topological polar surface area (TPSA) is 78.3 Å². The highest BCUT2D eigenvalue weighted by atomic mass is 15.0. The van der Waals surface area contributed by atoms with Gasteiger partial charge < -0.3 is 4.57 Å². The van der Waals surface area contributed by atoms with Gasteiger partial charge in [0.05, 0.1) is 45.7 Å². The van der Waals surface area contributed by atoms with E-state index in [0.717, 1.165) is 61.5 Å². The van der Waals surface area contributed by atoms with Gasteiger partial charge in [0, 0.05) is 40.0 Å². The van der Waals surface area contributed by atoms with Crippen molar-refractivity contribution in [1.29, 1.82) is 10.5 Å². The Kier molecular flexibility index (Phi) is 6.84. The van der Waals surface area contributed by atoms with Gasteiger partial charge in [0.2, 0.25) is 0 Å². The van der Waals surface area contributed by atoms with E-state index in [4.69, 9.17) is 0 Å². The van der Waals surface area contributed by atoms with Gasteiger partial charge in [0.25, 0.3) is 0 Å². The number of fused-ring (bicyclic) bond motifs is 3. The molecule has 218 valence electrons. The van der Waals surface area contributed by atoms with Crippen LogP contribution in [0, 0.1) is 22.7 Å². The van der Waals surface area contributed by atoms with Crippen LogP contribution in [0.15, 0.2) is 152 Å². The van der Waals surface area contributed by atoms with Crippen LogP contribution in [0.1, 0.15) is 11.1 Å². The molecule has 0 amide bonds. The highest BCUT2D eigenvalue weighted by Crippen LogP contribution is 2.37. The molecule has 5 aromatic carbocycles. The monoisotopic (exact) mass is 599 g/mol. The van der Waals surface area contributed by atoms with Crippen molar-refractivity contribution in [2.75, 3.05) is 0 Å². The fourth-order valence-electron chi connectivity index (χ4n) is 6.22. The van der Waals surface area contributed by atoms with Gasteiger partial charge in [-0.1, -0.05) is 78.9 Å². The summed E-state index contributed by atoms with van der Waals surface area (Å²) in [4.78, 5) is 8.92. The third-order valence-electron chi connectivity index (χ3n) is 8.59. The number of para-hydroxylation sites is 1. The molecule has 0 aliphatic carbocycles. The second-order valence-electron chi connectivity index (χ2n) is 11.4. The molecule has 0 bridgehead atoms. The maximum absolute atomic E-state index is 9.30. The highest BCUT2D eigenvalue weighted by Gasteiger charge is 2.15. The summed E-state index contributed by atoms with van der Waals surface area (Å²) in [6.07, 6.45) is 3.35. The molecule has 0 atom stereocenters. The van der Waals surface area contributed by atoms with E-state index in [1.54, 1.807) is 24.5 Å². The quantitative estimate of drug-likeness (QED) is 0.197. The van der Waals surface area contributed by atoms with Gasteiger partial charge in [0.1, 0.15) is 0 Å². The predicted molar refractivity (Wildman–Crippen MR) is 188 cm³/mol. The summed E-state index contributed by atoms with van der Waals surface area (Å²) in [6.45, 7) is 0. The zero-order valence-electron chi connectivity index (χ0n) is 25.2. The summed E-state index contributed by atoms with van der Waals surface area (Å²) in [5, 5.41) is 20.9. The number of benzene rings is 5. The number of nitrogens with zero attached hydrogens (tertiary/aromatic N) is 5. The van der Waals surface area contributed by atoms with E-state index in [9.17, 15) is 10.5 Å². The normalized spacial score (nSPS) is 10.9. The molecule has 0 saturated heterocycles. The average molecular weight is 600 g/mol. The zero-order valence-corrected chi connectivity index (χ0v) is 25.2. The van der Waals surface area contributed by atoms with Crippen LogP contribution in [0.2, 0.25) is 0 Å². The largest absolute Gasteiger partial charge is 0.309 e. The molecule has 3 heterocycles. The van der Waals surface area contributed by atoms with E-state index in [1.807, 2.05) is 18.2 Å². The minimum atomic E-state index is 0.594. The molecule has 0 aliphatic heterocycles. The van der Waals surface area contributed by atoms with Crippen molar-refractivity contribution in [3.05, 3.63) is 163 Å². The van der Waals surface area contributed by atoms with Crippen LogP contribution < -0.4 is 0 Å². The van der Waals surface area contributed by atoms with Crippen LogP contribution >= 0.6 is 0 Å². The molecule has 0 spiro atoms. The number of aromatic nitrogens is 3. The highest BCUT2D eigenvalue weighted by molar-refractivity contribution is 6.11. The lowest BCUT2D eigenvalue weighted by Gasteiger charge is -2.09. The van der Waals surface area contributed by atoms with Crippen LogP contribution in [0.4, 0.5) is 0 Å². The van der Waals surface area contributed by atoms with E-state index in [0.29, 0.717) is 11.1 Å². The van der Waals surface area contributed by atoms with Crippen LogP contribution in [-0.4, -0.2) is 14.5 Å². The molecule has 0 saturated carbocycles. The molecule has 5 heteroatoms. The first kappa shape index (κ1) is 27.7. The molecular formula is C42H25N5. The van der Waals surface area contributed by atoms with Crippen molar-refractivity contribution in [1.82, 2.24) is 14.5 Å². The lowest BCUT2D eigenvalue weighted by Crippen LogP contribution is -1.93. The molecule has 0 N–H and O–H groups in total. The van der Waals surface area contributed by atoms with Crippen molar-refractivity contribution in [3.8, 4) is 62.6 Å². The van der Waals surface area contributed by atoms with Crippen molar-refractivity contribution < 1.29 is 0 Å². The Morgan fingerprint density at radius 1 is 0.426 bits per heavy atom. The van der Waals surface area contributed by atoms with Gasteiger partial charge in [-0.2, -0.15) is 10.5 Å². The summed E-state index contributed by atoms with van der Waals surface area (Å²) in [7, 11) is 0. The Balaban J connectivity index is 1.22. The first-order valence-electron chi connectivity index (χ1n) is 15.3. The van der Waals surface area contributed by atoms with Gasteiger partial charge in [-0.05, 0) is 82.9 Å². The summed E-state index contributed by atoms with van der Waals surface area (Å²) >= 11 is 0. The summed E-state index contributed by atoms with van der Waals surface area (Å²) in [6, 6.07) is 51.9. The predicted octanol–water partition coefficient (Wildman–Crippen LogP) is 9.99. The Labute approximate surface area is 271 Å². The van der Waals surface area contributed by atoms with Crippen molar-refractivity contribution >= 4 is 21.8 Å². The van der Waals surface area contributed by atoms with Gasteiger partial charge in [-0.15, -0.1) is 0 Å². The minimum absolute atomic E-state index is 0.594. The molecule has 5 nitrogen and oxygen atoms in total. The Morgan fingerprint density at radius 3 is 1.30 bits per heavy atom. The van der Waals surface area contributed by atoms with Crippen LogP contribution in [-0.2, 0) is 0 Å². The fraction of sp³-hybridized carbons (Fsp3) is 0. The standard InChI is InChI=1S/C42H25N5/c43-26-28-18-20-45-39(22-28)32-10-6-30(7-11-32)34-14-16-41-37(24-34)38-25-35(15-17-42(38)47(41)36-4-2-1-3-5-36)31-8-12-33(13-9-31)40-23-29(27-44)19-21-46-40/h1-25H. The number of hydrogen-bond donors (Lipinski definition) is 0. The molecule has 47 heavy (non-hydrogen) atoms. The Hall–Kier alpha value is -6.82. The number of pyridine rings is 2. The maximum Gasteiger partial charge on any atom is 0.0992 e. The second kappa shape index (κ2) is 11.6. The van der Waals surface area contributed by atoms with Gasteiger partial charge in [0.15, 0.2) is 0 Å². The van der Waals surface area contributed by atoms with E-state index in [-0.39, 0.29) is 0 Å². The third kappa shape index (κ3) is 5.09. The molecule has 8 aromatic rings. The number of rotatable bonds is 5. The minimum Gasteiger partial charge on any atom is -0.309 e. The summed E-state index contributed by atoms with van der Waals surface area (Å²) in [5.41, 5.74) is 12.5. The van der Waals surface area contributed by atoms with Crippen LogP contribution in [0.5, 0.6) is 0 Å². The SMILES string of the molecule is N#Cc1ccnc(-c2ccc(-c3ccc4c(c3)c3cc(-c5ccc(-c6cc(C#N)ccn6)cc5)ccc3n4-c3ccccc3)cc2)c1. The Morgan fingerprint density at radius 2 is 0.851 bits per heavy atom. The lowest BCUT2D eigenvalue weighted by atomic mass is 9.98. The summed E-state index contributed by atoms with van der Waals surface area (Å²) < 4.78 is 2.33. The molecule has 0 fully saturated rings. The summed E-state index contributed by atoms with van der Waals surface area (Å²) in [5.74, 6) is 0. The molecule has 0 radical (unpaired) electrons. The van der Waals surface area contributed by atoms with E-state index < -0.39 is 0 Å². The first-order valence-corrected chi connectivity index (χ1v) is 15.3. The van der Waals surface area contributed by atoms with Crippen molar-refractivity contribution in [3.63, 3.8) is 0 Å². The zero-order chi connectivity index (χ0) is 31.7. The smallest absolute Gasteiger partial charge is 0.0992 e. The van der Waals surface area contributed by atoms with Crippen LogP contribution in [0.25, 0.3) is 72.3 Å². The van der Waals surface area contributed by atoms with Gasteiger partial charge >= 0.3 is 0 Å².